The second-order valence-electron chi connectivity index (χ2n) is 4.47. The molecule has 0 aliphatic rings. The third-order valence-electron chi connectivity index (χ3n) is 2.95. The Labute approximate surface area is 138 Å². The largest absolute Gasteiger partial charge is 0.347 e. The molecular formula is C17H12Cl2N2O. The number of hydrogen-bond acceptors (Lipinski definition) is 2. The number of carbonyl (C=O) groups excluding carboxylic acids is 1. The van der Waals surface area contributed by atoms with Gasteiger partial charge in [-0.05, 0) is 23.8 Å². The van der Waals surface area contributed by atoms with E-state index in [1.165, 1.54) is 6.08 Å². The number of halogens is 2. The quantitative estimate of drug-likeness (QED) is 0.674. The van der Waals surface area contributed by atoms with Crippen LogP contribution in [0.4, 0.5) is 0 Å². The number of rotatable bonds is 4. The van der Waals surface area contributed by atoms with Crippen LogP contribution in [-0.4, -0.2) is 5.91 Å². The summed E-state index contributed by atoms with van der Waals surface area (Å²) >= 11 is 12.1. The Morgan fingerprint density at radius 1 is 1.09 bits per heavy atom. The van der Waals surface area contributed by atoms with Crippen LogP contribution in [0.25, 0.3) is 6.08 Å². The molecule has 2 rings (SSSR count). The minimum Gasteiger partial charge on any atom is -0.347 e. The lowest BCUT2D eigenvalue weighted by molar-refractivity contribution is -0.117. The maximum atomic E-state index is 12.1. The van der Waals surface area contributed by atoms with Crippen molar-refractivity contribution in [2.45, 2.75) is 6.54 Å². The Morgan fingerprint density at radius 3 is 2.32 bits per heavy atom. The Morgan fingerprint density at radius 2 is 1.73 bits per heavy atom. The summed E-state index contributed by atoms with van der Waals surface area (Å²) < 4.78 is 0. The summed E-state index contributed by atoms with van der Waals surface area (Å²) in [5, 5.41) is 12.6. The van der Waals surface area contributed by atoms with Crippen molar-refractivity contribution in [3.05, 3.63) is 75.3 Å². The fourth-order valence-corrected chi connectivity index (χ4v) is 2.32. The van der Waals surface area contributed by atoms with E-state index in [1.54, 1.807) is 18.2 Å². The molecule has 0 spiro atoms. The molecule has 0 unspecified atom stereocenters. The van der Waals surface area contributed by atoms with Crippen molar-refractivity contribution in [1.82, 2.24) is 5.32 Å². The van der Waals surface area contributed by atoms with E-state index in [4.69, 9.17) is 23.2 Å². The van der Waals surface area contributed by atoms with Crippen LogP contribution in [0, 0.1) is 11.3 Å². The van der Waals surface area contributed by atoms with E-state index in [9.17, 15) is 10.1 Å². The lowest BCUT2D eigenvalue weighted by Gasteiger charge is -2.06. The molecule has 5 heteroatoms. The number of nitrogens with zero attached hydrogens (tertiary/aromatic N) is 1. The highest BCUT2D eigenvalue weighted by Crippen LogP contribution is 2.26. The van der Waals surface area contributed by atoms with Gasteiger partial charge in [0.2, 0.25) is 0 Å². The molecule has 0 aliphatic carbocycles. The van der Waals surface area contributed by atoms with Crippen molar-refractivity contribution in [2.75, 3.05) is 0 Å². The Kier molecular flexibility index (Phi) is 5.60. The lowest BCUT2D eigenvalue weighted by Crippen LogP contribution is -2.23. The van der Waals surface area contributed by atoms with E-state index >= 15 is 0 Å². The van der Waals surface area contributed by atoms with Crippen molar-refractivity contribution in [2.24, 2.45) is 0 Å². The van der Waals surface area contributed by atoms with Gasteiger partial charge >= 0.3 is 0 Å². The maximum absolute atomic E-state index is 12.1. The van der Waals surface area contributed by atoms with Gasteiger partial charge in [-0.3, -0.25) is 4.79 Å². The predicted molar refractivity (Wildman–Crippen MR) is 88.3 cm³/mol. The number of amides is 1. The molecule has 0 fully saturated rings. The van der Waals surface area contributed by atoms with Gasteiger partial charge in [-0.15, -0.1) is 0 Å². The zero-order chi connectivity index (χ0) is 15.9. The van der Waals surface area contributed by atoms with Crippen LogP contribution in [0.5, 0.6) is 0 Å². The van der Waals surface area contributed by atoms with Crippen LogP contribution < -0.4 is 5.32 Å². The minimum absolute atomic E-state index is 0.0501. The van der Waals surface area contributed by atoms with E-state index in [0.717, 1.165) is 5.56 Å². The monoisotopic (exact) mass is 330 g/mol. The van der Waals surface area contributed by atoms with E-state index in [1.807, 2.05) is 36.4 Å². The van der Waals surface area contributed by atoms with Crippen LogP contribution in [-0.2, 0) is 11.3 Å². The molecule has 0 aliphatic heterocycles. The van der Waals surface area contributed by atoms with Crippen LogP contribution in [0.15, 0.2) is 54.1 Å². The number of nitriles is 1. The average Bonchev–Trinajstić information content (AvgIpc) is 2.53. The summed E-state index contributed by atoms with van der Waals surface area (Å²) in [6.07, 6.45) is 1.39. The van der Waals surface area contributed by atoms with Crippen LogP contribution in [0.3, 0.4) is 0 Å². The summed E-state index contributed by atoms with van der Waals surface area (Å²) in [7, 11) is 0. The highest BCUT2D eigenvalue weighted by atomic mass is 35.5. The fourth-order valence-electron chi connectivity index (χ4n) is 1.81. The Hall–Kier alpha value is -2.28. The Bertz CT molecular complexity index is 729. The van der Waals surface area contributed by atoms with Crippen LogP contribution >= 0.6 is 23.2 Å². The molecule has 110 valence electrons. The van der Waals surface area contributed by atoms with Crippen molar-refractivity contribution in [1.29, 1.82) is 5.26 Å². The lowest BCUT2D eigenvalue weighted by atomic mass is 10.1. The average molecular weight is 331 g/mol. The maximum Gasteiger partial charge on any atom is 0.262 e. The fraction of sp³-hybridized carbons (Fsp3) is 0.0588. The first-order valence-electron chi connectivity index (χ1n) is 6.49. The van der Waals surface area contributed by atoms with E-state index in [-0.39, 0.29) is 5.57 Å². The number of benzene rings is 2. The number of nitrogens with one attached hydrogen (secondary N) is 1. The zero-order valence-corrected chi connectivity index (χ0v) is 13.0. The normalized spacial score (nSPS) is 10.9. The first-order chi connectivity index (χ1) is 10.6. The molecule has 2 aromatic rings. The standard InChI is InChI=1S/C17H12Cl2N2O/c18-15-7-4-8-16(19)14(15)9-13(10-20)17(22)21-11-12-5-2-1-3-6-12/h1-9H,11H2,(H,21,22). The highest BCUT2D eigenvalue weighted by Gasteiger charge is 2.11. The third-order valence-corrected chi connectivity index (χ3v) is 3.61. The van der Waals surface area contributed by atoms with Gasteiger partial charge in [-0.25, -0.2) is 0 Å². The van der Waals surface area contributed by atoms with Gasteiger partial charge in [0.05, 0.1) is 0 Å². The van der Waals surface area contributed by atoms with E-state index in [2.05, 4.69) is 5.32 Å². The smallest absolute Gasteiger partial charge is 0.262 e. The Balaban J connectivity index is 2.16. The number of carbonyl (C=O) groups is 1. The third kappa shape index (κ3) is 4.11. The van der Waals surface area contributed by atoms with Gasteiger partial charge in [0.1, 0.15) is 11.6 Å². The molecule has 0 bridgehead atoms. The van der Waals surface area contributed by atoms with Crippen LogP contribution in [0.1, 0.15) is 11.1 Å². The van der Waals surface area contributed by atoms with Gasteiger partial charge in [0, 0.05) is 22.2 Å². The second kappa shape index (κ2) is 7.65. The molecule has 0 saturated heterocycles. The van der Waals surface area contributed by atoms with Gasteiger partial charge in [0.15, 0.2) is 0 Å². The zero-order valence-electron chi connectivity index (χ0n) is 11.5. The predicted octanol–water partition coefficient (Wildman–Crippen LogP) is 4.22. The van der Waals surface area contributed by atoms with Gasteiger partial charge < -0.3 is 5.32 Å². The number of hydrogen-bond donors (Lipinski definition) is 1. The SMILES string of the molecule is N#CC(=Cc1c(Cl)cccc1Cl)C(=O)NCc1ccccc1. The molecule has 1 amide bonds. The summed E-state index contributed by atoms with van der Waals surface area (Å²) in [6, 6.07) is 16.3. The molecule has 2 aromatic carbocycles. The van der Waals surface area contributed by atoms with E-state index in [0.29, 0.717) is 22.2 Å². The van der Waals surface area contributed by atoms with Crippen molar-refractivity contribution in [3.8, 4) is 6.07 Å². The summed E-state index contributed by atoms with van der Waals surface area (Å²) in [6.45, 7) is 0.342. The van der Waals surface area contributed by atoms with Crippen molar-refractivity contribution in [3.63, 3.8) is 0 Å². The second-order valence-corrected chi connectivity index (χ2v) is 5.29. The van der Waals surface area contributed by atoms with Gasteiger partial charge in [0.25, 0.3) is 5.91 Å². The summed E-state index contributed by atoms with van der Waals surface area (Å²) in [5.41, 5.74) is 1.35. The summed E-state index contributed by atoms with van der Waals surface area (Å²) in [5.74, 6) is -0.470. The summed E-state index contributed by atoms with van der Waals surface area (Å²) in [4.78, 5) is 12.1. The minimum atomic E-state index is -0.470. The topological polar surface area (TPSA) is 52.9 Å². The first kappa shape index (κ1) is 16.1. The molecule has 1 N–H and O–H groups in total. The van der Waals surface area contributed by atoms with Crippen molar-refractivity contribution >= 4 is 35.2 Å². The molecular weight excluding hydrogens is 319 g/mol. The molecule has 0 radical (unpaired) electrons. The molecule has 0 heterocycles. The first-order valence-corrected chi connectivity index (χ1v) is 7.25. The van der Waals surface area contributed by atoms with Gasteiger partial charge in [-0.1, -0.05) is 59.6 Å². The van der Waals surface area contributed by atoms with Gasteiger partial charge in [-0.2, -0.15) is 5.26 Å². The van der Waals surface area contributed by atoms with Crippen LogP contribution in [0.2, 0.25) is 10.0 Å². The molecule has 0 aromatic heterocycles. The molecule has 22 heavy (non-hydrogen) atoms. The molecule has 3 nitrogen and oxygen atoms in total. The van der Waals surface area contributed by atoms with E-state index < -0.39 is 5.91 Å². The van der Waals surface area contributed by atoms with Crippen molar-refractivity contribution < 1.29 is 4.79 Å². The molecule has 0 atom stereocenters. The highest BCUT2D eigenvalue weighted by molar-refractivity contribution is 6.37. The molecule has 0 saturated carbocycles.